The van der Waals surface area contributed by atoms with Crippen LogP contribution in [0.4, 0.5) is 16.2 Å². The fraction of sp³-hybridized carbons (Fsp3) is 0.467. The van der Waals surface area contributed by atoms with Crippen LogP contribution >= 0.6 is 0 Å². The maximum absolute atomic E-state index is 11.8. The van der Waals surface area contributed by atoms with E-state index in [0.717, 1.165) is 25.7 Å². The van der Waals surface area contributed by atoms with Gasteiger partial charge in [-0.1, -0.05) is 18.9 Å². The van der Waals surface area contributed by atoms with Crippen molar-refractivity contribution in [2.24, 2.45) is 5.73 Å². The topological polar surface area (TPSA) is 96.2 Å². The third-order valence-corrected chi connectivity index (χ3v) is 2.99. The van der Waals surface area contributed by atoms with E-state index in [-0.39, 0.29) is 11.9 Å². The minimum absolute atomic E-state index is 0.0140. The second-order valence-corrected chi connectivity index (χ2v) is 4.79. The Morgan fingerprint density at radius 3 is 2.38 bits per heavy atom. The lowest BCUT2D eigenvalue weighted by Gasteiger charge is -2.08. The quantitative estimate of drug-likeness (QED) is 0.553. The van der Waals surface area contributed by atoms with Crippen LogP contribution in [0.1, 0.15) is 32.1 Å². The molecular weight excluding hydrogens is 268 g/mol. The number of hydrogen-bond donors (Lipinski definition) is 4. The number of urea groups is 1. The highest BCUT2D eigenvalue weighted by molar-refractivity contribution is 5.93. The minimum atomic E-state index is -0.293. The molecule has 1 aromatic carbocycles. The van der Waals surface area contributed by atoms with Gasteiger partial charge < -0.3 is 21.7 Å². The lowest BCUT2D eigenvalue weighted by molar-refractivity contribution is -0.116. The third-order valence-electron chi connectivity index (χ3n) is 2.99. The van der Waals surface area contributed by atoms with E-state index >= 15 is 0 Å². The lowest BCUT2D eigenvalue weighted by Crippen LogP contribution is -2.24. The van der Waals surface area contributed by atoms with Crippen molar-refractivity contribution in [3.63, 3.8) is 0 Å². The number of benzene rings is 1. The molecule has 0 radical (unpaired) electrons. The Balaban J connectivity index is 2.38. The number of carbonyl (C=O) groups is 2. The molecule has 21 heavy (non-hydrogen) atoms. The van der Waals surface area contributed by atoms with Crippen molar-refractivity contribution < 1.29 is 9.59 Å². The smallest absolute Gasteiger partial charge is 0.318 e. The Labute approximate surface area is 125 Å². The molecule has 1 rings (SSSR count). The summed E-state index contributed by atoms with van der Waals surface area (Å²) in [6, 6.07) is 6.77. The van der Waals surface area contributed by atoms with Gasteiger partial charge in [-0.05, 0) is 37.6 Å². The van der Waals surface area contributed by atoms with Gasteiger partial charge in [0.2, 0.25) is 5.91 Å². The number of carbonyl (C=O) groups excluding carboxylic acids is 2. The molecule has 0 aliphatic carbocycles. The summed E-state index contributed by atoms with van der Waals surface area (Å²) in [6.07, 6.45) is 4.45. The minimum Gasteiger partial charge on any atom is -0.341 e. The number of nitrogens with one attached hydrogen (secondary N) is 3. The summed E-state index contributed by atoms with van der Waals surface area (Å²) in [6.45, 7) is 0.706. The zero-order valence-electron chi connectivity index (χ0n) is 12.4. The van der Waals surface area contributed by atoms with Crippen molar-refractivity contribution in [3.8, 4) is 0 Å². The maximum atomic E-state index is 11.8. The maximum Gasteiger partial charge on any atom is 0.318 e. The Kier molecular flexibility index (Phi) is 7.89. The van der Waals surface area contributed by atoms with Gasteiger partial charge >= 0.3 is 6.03 Å². The second kappa shape index (κ2) is 9.77. The molecule has 0 aliphatic heterocycles. The normalized spacial score (nSPS) is 10.0. The lowest BCUT2D eigenvalue weighted by atomic mass is 10.1. The van der Waals surface area contributed by atoms with Gasteiger partial charge in [0, 0.05) is 24.8 Å². The molecule has 0 saturated carbocycles. The average molecular weight is 292 g/mol. The summed E-state index contributed by atoms with van der Waals surface area (Å²) in [5.41, 5.74) is 6.73. The molecule has 0 aromatic heterocycles. The number of amides is 3. The third kappa shape index (κ3) is 7.31. The zero-order valence-corrected chi connectivity index (χ0v) is 12.4. The first kappa shape index (κ1) is 17.0. The molecule has 6 nitrogen and oxygen atoms in total. The SMILES string of the molecule is CNC(=O)Nc1cccc(NC(=O)CCCCCCN)c1. The van der Waals surface area contributed by atoms with E-state index in [1.807, 2.05) is 0 Å². The molecular formula is C15H24N4O2. The van der Waals surface area contributed by atoms with Crippen molar-refractivity contribution in [2.45, 2.75) is 32.1 Å². The van der Waals surface area contributed by atoms with Crippen LogP contribution in [0.15, 0.2) is 24.3 Å². The van der Waals surface area contributed by atoms with Crippen molar-refractivity contribution >= 4 is 23.3 Å². The van der Waals surface area contributed by atoms with Gasteiger partial charge in [0.15, 0.2) is 0 Å². The zero-order chi connectivity index (χ0) is 15.5. The molecule has 0 bridgehead atoms. The van der Waals surface area contributed by atoms with Crippen LogP contribution < -0.4 is 21.7 Å². The van der Waals surface area contributed by atoms with Crippen molar-refractivity contribution in [1.29, 1.82) is 0 Å². The van der Waals surface area contributed by atoms with E-state index in [1.54, 1.807) is 31.3 Å². The summed E-state index contributed by atoms with van der Waals surface area (Å²) in [5.74, 6) is -0.0140. The fourth-order valence-corrected chi connectivity index (χ4v) is 1.88. The van der Waals surface area contributed by atoms with E-state index < -0.39 is 0 Å². The highest BCUT2D eigenvalue weighted by Gasteiger charge is 2.04. The standard InChI is InChI=1S/C15H24N4O2/c1-17-15(21)19-13-8-6-7-12(11-13)18-14(20)9-4-2-3-5-10-16/h6-8,11H,2-5,9-10,16H2,1H3,(H,18,20)(H2,17,19,21). The molecule has 0 spiro atoms. The van der Waals surface area contributed by atoms with Crippen molar-refractivity contribution in [1.82, 2.24) is 5.32 Å². The van der Waals surface area contributed by atoms with E-state index in [1.165, 1.54) is 0 Å². The first-order valence-electron chi connectivity index (χ1n) is 7.24. The van der Waals surface area contributed by atoms with Gasteiger partial charge in [-0.2, -0.15) is 0 Å². The Hall–Kier alpha value is -2.08. The molecule has 0 fully saturated rings. The van der Waals surface area contributed by atoms with Crippen LogP contribution in [-0.2, 0) is 4.79 Å². The number of anilines is 2. The molecule has 3 amide bonds. The number of unbranched alkanes of at least 4 members (excludes halogenated alkanes) is 3. The van der Waals surface area contributed by atoms with Gasteiger partial charge in [0.1, 0.15) is 0 Å². The molecule has 0 unspecified atom stereocenters. The van der Waals surface area contributed by atoms with Crippen LogP contribution in [0.25, 0.3) is 0 Å². The van der Waals surface area contributed by atoms with Gasteiger partial charge in [-0.15, -0.1) is 0 Å². The highest BCUT2D eigenvalue weighted by atomic mass is 16.2. The van der Waals surface area contributed by atoms with Gasteiger partial charge in [0.25, 0.3) is 0 Å². The first-order valence-corrected chi connectivity index (χ1v) is 7.24. The summed E-state index contributed by atoms with van der Waals surface area (Å²) >= 11 is 0. The van der Waals surface area contributed by atoms with Crippen LogP contribution in [0.5, 0.6) is 0 Å². The molecule has 0 atom stereocenters. The summed E-state index contributed by atoms with van der Waals surface area (Å²) in [5, 5.41) is 7.96. The Morgan fingerprint density at radius 1 is 1.05 bits per heavy atom. The molecule has 1 aromatic rings. The molecule has 6 heteroatoms. The molecule has 0 heterocycles. The molecule has 0 aliphatic rings. The van der Waals surface area contributed by atoms with E-state index in [0.29, 0.717) is 24.3 Å². The average Bonchev–Trinajstić information content (AvgIpc) is 2.47. The summed E-state index contributed by atoms with van der Waals surface area (Å²) < 4.78 is 0. The van der Waals surface area contributed by atoms with Crippen molar-refractivity contribution in [2.75, 3.05) is 24.2 Å². The van der Waals surface area contributed by atoms with Crippen molar-refractivity contribution in [3.05, 3.63) is 24.3 Å². The Bertz CT molecular complexity index is 463. The first-order chi connectivity index (χ1) is 10.2. The second-order valence-electron chi connectivity index (χ2n) is 4.79. The molecule has 0 saturated heterocycles. The van der Waals surface area contributed by atoms with Gasteiger partial charge in [0.05, 0.1) is 0 Å². The summed E-state index contributed by atoms with van der Waals surface area (Å²) in [4.78, 5) is 23.0. The largest absolute Gasteiger partial charge is 0.341 e. The molecule has 116 valence electrons. The van der Waals surface area contributed by atoms with E-state index in [4.69, 9.17) is 5.73 Å². The highest BCUT2D eigenvalue weighted by Crippen LogP contribution is 2.15. The van der Waals surface area contributed by atoms with E-state index in [9.17, 15) is 9.59 Å². The fourth-order valence-electron chi connectivity index (χ4n) is 1.88. The van der Waals surface area contributed by atoms with Gasteiger partial charge in [-0.3, -0.25) is 4.79 Å². The number of rotatable bonds is 8. The number of hydrogen-bond acceptors (Lipinski definition) is 3. The van der Waals surface area contributed by atoms with Crippen LogP contribution in [-0.4, -0.2) is 25.5 Å². The predicted octanol–water partition coefficient (Wildman–Crippen LogP) is 2.29. The van der Waals surface area contributed by atoms with Crippen LogP contribution in [0.3, 0.4) is 0 Å². The number of nitrogens with two attached hydrogens (primary N) is 1. The predicted molar refractivity (Wildman–Crippen MR) is 85.3 cm³/mol. The molecule has 5 N–H and O–H groups in total. The Morgan fingerprint density at radius 2 is 1.71 bits per heavy atom. The van der Waals surface area contributed by atoms with Crippen LogP contribution in [0.2, 0.25) is 0 Å². The monoisotopic (exact) mass is 292 g/mol. The summed E-state index contributed by atoms with van der Waals surface area (Å²) in [7, 11) is 1.55. The van der Waals surface area contributed by atoms with E-state index in [2.05, 4.69) is 16.0 Å². The van der Waals surface area contributed by atoms with Crippen LogP contribution in [0, 0.1) is 0 Å². The van der Waals surface area contributed by atoms with Gasteiger partial charge in [-0.25, -0.2) is 4.79 Å².